The molecule has 13 heteroatoms. The summed E-state index contributed by atoms with van der Waals surface area (Å²) in [4.78, 5) is 62.3. The number of anilines is 1. The molecule has 0 fully saturated rings. The summed E-state index contributed by atoms with van der Waals surface area (Å²) in [6, 6.07) is 6.54. The molecule has 10 nitrogen and oxygen atoms in total. The molecule has 51 heavy (non-hydrogen) atoms. The molecular weight excluding hydrogens is 661 g/mol. The van der Waals surface area contributed by atoms with Crippen molar-refractivity contribution in [3.8, 4) is 5.69 Å². The first kappa shape index (κ1) is 38.5. The van der Waals surface area contributed by atoms with E-state index in [9.17, 15) is 32.3 Å². The SMILES string of the molecule is C/C=C(/C)C(=CC(=O)C(C)Nc1nc(=O)n(-c2cncc3ccccc23)c(=O)n1Cc1cc(F)c(F)cc1F)NC(CC)CC(=O)C(C)CCC. The molecule has 0 aliphatic rings. The summed E-state index contributed by atoms with van der Waals surface area (Å²) in [7, 11) is 0. The molecule has 3 atom stereocenters. The molecule has 2 N–H and O–H groups in total. The average Bonchev–Trinajstić information content (AvgIpc) is 3.10. The minimum Gasteiger partial charge on any atom is -0.382 e. The van der Waals surface area contributed by atoms with Gasteiger partial charge in [0.1, 0.15) is 11.6 Å². The number of benzene rings is 2. The number of fused-ring (bicyclic) bond motifs is 1. The molecule has 270 valence electrons. The molecule has 2 aromatic carbocycles. The van der Waals surface area contributed by atoms with Crippen molar-refractivity contribution in [3.05, 3.63) is 116 Å². The Labute approximate surface area is 294 Å². The zero-order valence-corrected chi connectivity index (χ0v) is 29.6. The lowest BCUT2D eigenvalue weighted by Gasteiger charge is -2.23. The summed E-state index contributed by atoms with van der Waals surface area (Å²) in [5.41, 5.74) is -1.07. The Balaban J connectivity index is 1.75. The number of rotatable bonds is 16. The summed E-state index contributed by atoms with van der Waals surface area (Å²) in [5, 5.41) is 7.26. The van der Waals surface area contributed by atoms with Gasteiger partial charge < -0.3 is 10.6 Å². The van der Waals surface area contributed by atoms with Crippen molar-refractivity contribution in [1.82, 2.24) is 24.4 Å². The lowest BCUT2D eigenvalue weighted by Crippen LogP contribution is -2.43. The molecule has 0 radical (unpaired) electrons. The lowest BCUT2D eigenvalue weighted by atomic mass is 9.94. The highest BCUT2D eigenvalue weighted by Gasteiger charge is 2.23. The second-order valence-electron chi connectivity index (χ2n) is 12.6. The Bertz CT molecular complexity index is 2100. The highest BCUT2D eigenvalue weighted by Crippen LogP contribution is 2.21. The third-order valence-electron chi connectivity index (χ3n) is 8.86. The monoisotopic (exact) mass is 704 g/mol. The maximum atomic E-state index is 14.9. The number of nitrogens with one attached hydrogen (secondary N) is 2. The zero-order valence-electron chi connectivity index (χ0n) is 29.6. The van der Waals surface area contributed by atoms with Gasteiger partial charge in [0.25, 0.3) is 0 Å². The van der Waals surface area contributed by atoms with E-state index in [1.807, 2.05) is 40.7 Å². The number of carbonyl (C=O) groups excluding carboxylic acids is 2. The van der Waals surface area contributed by atoms with Crippen molar-refractivity contribution < 1.29 is 22.8 Å². The number of halogens is 3. The normalized spacial score (nSPS) is 13.9. The van der Waals surface area contributed by atoms with Crippen LogP contribution in [0.5, 0.6) is 0 Å². The van der Waals surface area contributed by atoms with Gasteiger partial charge in [-0.15, -0.1) is 0 Å². The van der Waals surface area contributed by atoms with E-state index < -0.39 is 58.7 Å². The molecule has 4 aromatic rings. The molecule has 0 saturated heterocycles. The summed E-state index contributed by atoms with van der Waals surface area (Å²) < 4.78 is 44.5. The number of nitrogens with zero attached hydrogens (tertiary/aromatic N) is 4. The quantitative estimate of drug-likeness (QED) is 0.0781. The van der Waals surface area contributed by atoms with Crippen LogP contribution in [0.25, 0.3) is 16.5 Å². The standard InChI is InChI=1S/C38H43F3N6O4/c1-7-12-23(5)34(48)16-27(9-3)44-32(22(4)8-2)18-35(49)24(6)43-36-45-37(50)47(33-20-42-19-25-13-10-11-14-28(25)33)38(51)46(36)21-26-15-30(40)31(41)17-29(26)39/h8,10-11,13-15,17-20,23-24,27,44H,7,9,12,16,21H2,1-6H3,(H,43,45,50)/b22-8-,32-18?. The van der Waals surface area contributed by atoms with E-state index in [1.54, 1.807) is 30.5 Å². The van der Waals surface area contributed by atoms with Crippen molar-refractivity contribution in [3.63, 3.8) is 0 Å². The second-order valence-corrected chi connectivity index (χ2v) is 12.6. The Hall–Kier alpha value is -5.33. The minimum atomic E-state index is -1.41. The summed E-state index contributed by atoms with van der Waals surface area (Å²) >= 11 is 0. The van der Waals surface area contributed by atoms with Crippen LogP contribution in [0, 0.1) is 23.4 Å². The largest absolute Gasteiger partial charge is 0.382 e. The summed E-state index contributed by atoms with van der Waals surface area (Å²) in [6.07, 6.45) is 8.64. The van der Waals surface area contributed by atoms with Crippen molar-refractivity contribution in [2.24, 2.45) is 5.92 Å². The average molecular weight is 705 g/mol. The van der Waals surface area contributed by atoms with Crippen LogP contribution >= 0.6 is 0 Å². The Kier molecular flexibility index (Phi) is 12.9. The van der Waals surface area contributed by atoms with E-state index in [-0.39, 0.29) is 29.9 Å². The van der Waals surface area contributed by atoms with Gasteiger partial charge in [0.15, 0.2) is 17.4 Å². The Morgan fingerprint density at radius 3 is 2.39 bits per heavy atom. The van der Waals surface area contributed by atoms with Gasteiger partial charge in [0, 0.05) is 58.8 Å². The van der Waals surface area contributed by atoms with Gasteiger partial charge in [-0.2, -0.15) is 4.98 Å². The maximum Gasteiger partial charge on any atom is 0.359 e. The van der Waals surface area contributed by atoms with E-state index in [0.29, 0.717) is 35.0 Å². The molecule has 0 amide bonds. The fourth-order valence-electron chi connectivity index (χ4n) is 5.60. The molecule has 0 aliphatic heterocycles. The van der Waals surface area contributed by atoms with Crippen molar-refractivity contribution >= 4 is 28.3 Å². The molecule has 0 bridgehead atoms. The van der Waals surface area contributed by atoms with Crippen LogP contribution in [-0.2, 0) is 16.1 Å². The van der Waals surface area contributed by atoms with Gasteiger partial charge >= 0.3 is 11.4 Å². The van der Waals surface area contributed by atoms with Gasteiger partial charge in [-0.3, -0.25) is 19.1 Å². The summed E-state index contributed by atoms with van der Waals surface area (Å²) in [5.74, 6) is -4.70. The van der Waals surface area contributed by atoms with Crippen LogP contribution in [0.1, 0.15) is 72.8 Å². The van der Waals surface area contributed by atoms with Gasteiger partial charge in [-0.25, -0.2) is 27.3 Å². The highest BCUT2D eigenvalue weighted by atomic mass is 19.2. The van der Waals surface area contributed by atoms with Gasteiger partial charge in [-0.1, -0.05) is 57.5 Å². The van der Waals surface area contributed by atoms with Crippen LogP contribution in [0.3, 0.4) is 0 Å². The van der Waals surface area contributed by atoms with Crippen LogP contribution < -0.4 is 22.0 Å². The minimum absolute atomic E-state index is 0.0794. The van der Waals surface area contributed by atoms with E-state index in [0.717, 1.165) is 27.5 Å². The fraction of sp³-hybridized carbons (Fsp3) is 0.368. The molecule has 4 rings (SSSR count). The molecule has 0 saturated carbocycles. The highest BCUT2D eigenvalue weighted by molar-refractivity contribution is 5.96. The van der Waals surface area contributed by atoms with E-state index in [4.69, 9.17) is 0 Å². The number of carbonyl (C=O) groups is 2. The zero-order chi connectivity index (χ0) is 37.4. The Morgan fingerprint density at radius 1 is 1.00 bits per heavy atom. The van der Waals surface area contributed by atoms with Gasteiger partial charge in [0.2, 0.25) is 5.95 Å². The topological polar surface area (TPSA) is 128 Å². The van der Waals surface area contributed by atoms with Crippen molar-refractivity contribution in [1.29, 1.82) is 0 Å². The van der Waals surface area contributed by atoms with E-state index in [1.165, 1.54) is 19.2 Å². The first-order valence-electron chi connectivity index (χ1n) is 16.9. The predicted octanol–water partition coefficient (Wildman–Crippen LogP) is 6.39. The van der Waals surface area contributed by atoms with Crippen LogP contribution in [-0.4, -0.2) is 42.8 Å². The van der Waals surface area contributed by atoms with Crippen LogP contribution in [0.2, 0.25) is 0 Å². The number of hydrogen-bond donors (Lipinski definition) is 2. The maximum absolute atomic E-state index is 14.9. The molecular formula is C38H43F3N6O4. The van der Waals surface area contributed by atoms with E-state index >= 15 is 0 Å². The molecule has 3 unspecified atom stereocenters. The fourth-order valence-corrected chi connectivity index (χ4v) is 5.60. The van der Waals surface area contributed by atoms with E-state index in [2.05, 4.69) is 20.6 Å². The third-order valence-corrected chi connectivity index (χ3v) is 8.86. The number of pyridine rings is 1. The summed E-state index contributed by atoms with van der Waals surface area (Å²) in [6.45, 7) is 10.3. The first-order valence-corrected chi connectivity index (χ1v) is 16.9. The predicted molar refractivity (Wildman–Crippen MR) is 191 cm³/mol. The van der Waals surface area contributed by atoms with Crippen molar-refractivity contribution in [2.45, 2.75) is 85.9 Å². The van der Waals surface area contributed by atoms with Gasteiger partial charge in [0.05, 0.1) is 24.5 Å². The number of Topliss-reactive ketones (excluding diaryl/α,β-unsaturated/α-hetero) is 1. The second kappa shape index (κ2) is 17.1. The molecule has 2 heterocycles. The Morgan fingerprint density at radius 2 is 1.71 bits per heavy atom. The number of hydrogen-bond acceptors (Lipinski definition) is 8. The number of ketones is 2. The number of allylic oxidation sites excluding steroid dienone is 2. The molecule has 2 aromatic heterocycles. The smallest absolute Gasteiger partial charge is 0.359 e. The number of aromatic nitrogens is 4. The van der Waals surface area contributed by atoms with Gasteiger partial charge in [-0.05, 0) is 45.3 Å². The lowest BCUT2D eigenvalue weighted by molar-refractivity contribution is -0.123. The first-order chi connectivity index (χ1) is 24.3. The van der Waals surface area contributed by atoms with Crippen molar-refractivity contribution in [2.75, 3.05) is 5.32 Å². The molecule has 0 aliphatic carbocycles. The van der Waals surface area contributed by atoms with Crippen LogP contribution in [0.15, 0.2) is 81.8 Å². The van der Waals surface area contributed by atoms with Crippen LogP contribution in [0.4, 0.5) is 19.1 Å². The third kappa shape index (κ3) is 9.07. The molecule has 0 spiro atoms.